The lowest BCUT2D eigenvalue weighted by atomic mass is 10.0. The number of anilines is 1. The van der Waals surface area contributed by atoms with Crippen molar-refractivity contribution in [3.63, 3.8) is 0 Å². The first kappa shape index (κ1) is 22.6. The van der Waals surface area contributed by atoms with E-state index in [4.69, 9.17) is 4.74 Å². The van der Waals surface area contributed by atoms with Crippen molar-refractivity contribution in [2.45, 2.75) is 19.8 Å². The second-order valence-corrected chi connectivity index (χ2v) is 6.94. The van der Waals surface area contributed by atoms with Crippen molar-refractivity contribution >= 4 is 40.3 Å². The number of fused-ring (bicyclic) bond motifs is 1. The topological polar surface area (TPSA) is 96.5 Å². The Morgan fingerprint density at radius 3 is 2.34 bits per heavy atom. The SMILES string of the molecule is CCOc1ccc(NC(=O)CCC(=O)NNC(=O)C=Cc2cccc3ccccc23)cc1. The van der Waals surface area contributed by atoms with E-state index in [9.17, 15) is 14.4 Å². The maximum absolute atomic E-state index is 12.0. The maximum atomic E-state index is 12.0. The van der Waals surface area contributed by atoms with Gasteiger partial charge in [0.25, 0.3) is 5.91 Å². The average Bonchev–Trinajstić information content (AvgIpc) is 2.81. The van der Waals surface area contributed by atoms with E-state index in [-0.39, 0.29) is 18.7 Å². The summed E-state index contributed by atoms with van der Waals surface area (Å²) >= 11 is 0. The average molecular weight is 431 g/mol. The standard InChI is InChI=1S/C25H25N3O4/c1-2-32-21-13-11-20(12-14-21)26-23(29)16-17-25(31)28-27-24(30)15-10-19-8-5-7-18-6-3-4-9-22(18)19/h3-15H,2,16-17H2,1H3,(H,26,29)(H,27,30)(H,28,31). The molecule has 7 heteroatoms. The molecule has 3 aromatic rings. The van der Waals surface area contributed by atoms with Gasteiger partial charge in [0, 0.05) is 24.6 Å². The molecule has 0 spiro atoms. The van der Waals surface area contributed by atoms with Crippen molar-refractivity contribution in [2.24, 2.45) is 0 Å². The quantitative estimate of drug-likeness (QED) is 0.373. The molecule has 32 heavy (non-hydrogen) atoms. The lowest BCUT2D eigenvalue weighted by Gasteiger charge is -2.08. The van der Waals surface area contributed by atoms with Crippen molar-refractivity contribution in [1.29, 1.82) is 0 Å². The highest BCUT2D eigenvalue weighted by Gasteiger charge is 2.08. The van der Waals surface area contributed by atoms with E-state index in [2.05, 4.69) is 16.2 Å². The van der Waals surface area contributed by atoms with Crippen LogP contribution < -0.4 is 20.9 Å². The number of nitrogens with one attached hydrogen (secondary N) is 3. The van der Waals surface area contributed by atoms with Crippen LogP contribution in [0.1, 0.15) is 25.3 Å². The Balaban J connectivity index is 1.40. The Morgan fingerprint density at radius 2 is 1.56 bits per heavy atom. The summed E-state index contributed by atoms with van der Waals surface area (Å²) in [6.45, 7) is 2.46. The largest absolute Gasteiger partial charge is 0.494 e. The molecule has 0 radical (unpaired) electrons. The third-order valence-corrected chi connectivity index (χ3v) is 4.59. The first-order valence-electron chi connectivity index (χ1n) is 10.3. The fourth-order valence-electron chi connectivity index (χ4n) is 3.05. The third-order valence-electron chi connectivity index (χ3n) is 4.59. The zero-order chi connectivity index (χ0) is 22.8. The molecule has 3 aromatic carbocycles. The van der Waals surface area contributed by atoms with Gasteiger partial charge in [-0.1, -0.05) is 42.5 Å². The lowest BCUT2D eigenvalue weighted by Crippen LogP contribution is -2.41. The minimum atomic E-state index is -0.467. The Labute approximate surface area is 186 Å². The third kappa shape index (κ3) is 6.70. The zero-order valence-corrected chi connectivity index (χ0v) is 17.8. The number of carbonyl (C=O) groups is 3. The summed E-state index contributed by atoms with van der Waals surface area (Å²) in [6, 6.07) is 20.7. The van der Waals surface area contributed by atoms with Crippen molar-refractivity contribution < 1.29 is 19.1 Å². The molecular formula is C25H25N3O4. The molecule has 3 rings (SSSR count). The number of amides is 3. The molecule has 7 nitrogen and oxygen atoms in total. The smallest absolute Gasteiger partial charge is 0.262 e. The fourth-order valence-corrected chi connectivity index (χ4v) is 3.05. The van der Waals surface area contributed by atoms with Crippen molar-refractivity contribution in [3.8, 4) is 5.75 Å². The monoisotopic (exact) mass is 431 g/mol. The van der Waals surface area contributed by atoms with Gasteiger partial charge in [-0.2, -0.15) is 0 Å². The number of ether oxygens (including phenoxy) is 1. The van der Waals surface area contributed by atoms with Crippen LogP contribution >= 0.6 is 0 Å². The highest BCUT2D eigenvalue weighted by Crippen LogP contribution is 2.19. The summed E-state index contributed by atoms with van der Waals surface area (Å²) in [6.07, 6.45) is 2.96. The molecule has 0 aliphatic heterocycles. The van der Waals surface area contributed by atoms with Crippen LogP contribution in [0, 0.1) is 0 Å². The van der Waals surface area contributed by atoms with E-state index < -0.39 is 11.8 Å². The highest BCUT2D eigenvalue weighted by atomic mass is 16.5. The number of hydrazine groups is 1. The van der Waals surface area contributed by atoms with Gasteiger partial charge in [0.2, 0.25) is 11.8 Å². The zero-order valence-electron chi connectivity index (χ0n) is 17.8. The van der Waals surface area contributed by atoms with Crippen LogP contribution in [-0.4, -0.2) is 24.3 Å². The minimum absolute atomic E-state index is 0.0131. The van der Waals surface area contributed by atoms with Crippen LogP contribution in [0.3, 0.4) is 0 Å². The number of rotatable bonds is 8. The van der Waals surface area contributed by atoms with E-state index >= 15 is 0 Å². The van der Waals surface area contributed by atoms with Gasteiger partial charge in [-0.25, -0.2) is 0 Å². The Morgan fingerprint density at radius 1 is 0.844 bits per heavy atom. The summed E-state index contributed by atoms with van der Waals surface area (Å²) < 4.78 is 5.35. The van der Waals surface area contributed by atoms with E-state index in [1.54, 1.807) is 30.3 Å². The molecule has 0 atom stereocenters. The van der Waals surface area contributed by atoms with E-state index in [1.807, 2.05) is 49.4 Å². The van der Waals surface area contributed by atoms with Gasteiger partial charge in [-0.05, 0) is 53.6 Å². The van der Waals surface area contributed by atoms with E-state index in [0.29, 0.717) is 12.3 Å². The molecule has 0 unspecified atom stereocenters. The predicted octanol–water partition coefficient (Wildman–Crippen LogP) is 3.82. The molecular weight excluding hydrogens is 406 g/mol. The molecule has 0 aliphatic rings. The van der Waals surface area contributed by atoms with Crippen LogP contribution in [0.25, 0.3) is 16.8 Å². The molecule has 0 fully saturated rings. The molecule has 0 aromatic heterocycles. The van der Waals surface area contributed by atoms with Gasteiger partial charge >= 0.3 is 0 Å². The molecule has 0 bridgehead atoms. The van der Waals surface area contributed by atoms with E-state index in [1.165, 1.54) is 6.08 Å². The lowest BCUT2D eigenvalue weighted by molar-refractivity contribution is -0.128. The first-order chi connectivity index (χ1) is 15.5. The van der Waals surface area contributed by atoms with Gasteiger partial charge in [0.1, 0.15) is 5.75 Å². The summed E-state index contributed by atoms with van der Waals surface area (Å²) in [5, 5.41) is 4.82. The molecule has 164 valence electrons. The number of hydrogen-bond acceptors (Lipinski definition) is 4. The number of hydrogen-bond donors (Lipinski definition) is 3. The first-order valence-corrected chi connectivity index (χ1v) is 10.3. The Bertz CT molecular complexity index is 1120. The van der Waals surface area contributed by atoms with Crippen LogP contribution in [0.4, 0.5) is 5.69 Å². The summed E-state index contributed by atoms with van der Waals surface area (Å²) in [7, 11) is 0. The fraction of sp³-hybridized carbons (Fsp3) is 0.160. The molecule has 0 saturated carbocycles. The molecule has 0 heterocycles. The van der Waals surface area contributed by atoms with E-state index in [0.717, 1.165) is 22.1 Å². The highest BCUT2D eigenvalue weighted by molar-refractivity contribution is 5.98. The summed E-state index contributed by atoms with van der Waals surface area (Å²) in [5.74, 6) is -0.509. The molecule has 0 saturated heterocycles. The maximum Gasteiger partial charge on any atom is 0.262 e. The number of carbonyl (C=O) groups excluding carboxylic acids is 3. The molecule has 0 aliphatic carbocycles. The summed E-state index contributed by atoms with van der Waals surface area (Å²) in [4.78, 5) is 35.9. The van der Waals surface area contributed by atoms with Gasteiger partial charge in [0.05, 0.1) is 6.61 Å². The van der Waals surface area contributed by atoms with Gasteiger partial charge in [-0.3, -0.25) is 25.2 Å². The Kier molecular flexibility index (Phi) is 7.97. The number of benzene rings is 3. The normalized spacial score (nSPS) is 10.7. The minimum Gasteiger partial charge on any atom is -0.494 e. The summed E-state index contributed by atoms with van der Waals surface area (Å²) in [5.41, 5.74) is 6.15. The van der Waals surface area contributed by atoms with Crippen LogP contribution in [0.15, 0.2) is 72.8 Å². The van der Waals surface area contributed by atoms with Crippen LogP contribution in [0.5, 0.6) is 5.75 Å². The van der Waals surface area contributed by atoms with Gasteiger partial charge in [0.15, 0.2) is 0 Å². The van der Waals surface area contributed by atoms with Gasteiger partial charge < -0.3 is 10.1 Å². The van der Waals surface area contributed by atoms with Crippen molar-refractivity contribution in [2.75, 3.05) is 11.9 Å². The van der Waals surface area contributed by atoms with Gasteiger partial charge in [-0.15, -0.1) is 0 Å². The Hall–Kier alpha value is -4.13. The van der Waals surface area contributed by atoms with Crippen LogP contribution in [0.2, 0.25) is 0 Å². The predicted molar refractivity (Wildman–Crippen MR) is 125 cm³/mol. The van der Waals surface area contributed by atoms with Crippen LogP contribution in [-0.2, 0) is 14.4 Å². The second-order valence-electron chi connectivity index (χ2n) is 6.94. The van der Waals surface area contributed by atoms with Crippen molar-refractivity contribution in [1.82, 2.24) is 10.9 Å². The molecule has 3 amide bonds. The van der Waals surface area contributed by atoms with Crippen molar-refractivity contribution in [3.05, 3.63) is 78.4 Å². The second kappa shape index (κ2) is 11.3. The molecule has 3 N–H and O–H groups in total.